The molecule has 0 aliphatic heterocycles. The molecule has 0 aliphatic carbocycles. The molecule has 0 aromatic heterocycles. The Kier molecular flexibility index (Phi) is 3.81. The third-order valence-corrected chi connectivity index (χ3v) is 2.02. The minimum absolute atomic E-state index is 0.191. The van der Waals surface area contributed by atoms with Gasteiger partial charge < -0.3 is 4.74 Å². The molecule has 0 N–H and O–H groups in total. The van der Waals surface area contributed by atoms with E-state index in [9.17, 15) is 9.18 Å². The van der Waals surface area contributed by atoms with Crippen molar-refractivity contribution in [2.24, 2.45) is 0 Å². The third kappa shape index (κ3) is 3.06. The zero-order valence-electron chi connectivity index (χ0n) is 8.29. The van der Waals surface area contributed by atoms with Crippen LogP contribution in [-0.4, -0.2) is 13.1 Å². The molecule has 15 heavy (non-hydrogen) atoms. The van der Waals surface area contributed by atoms with Gasteiger partial charge >= 0.3 is 5.97 Å². The predicted molar refractivity (Wildman–Crippen MR) is 51.5 cm³/mol. The lowest BCUT2D eigenvalue weighted by Gasteiger charge is -2.02. The van der Waals surface area contributed by atoms with E-state index in [0.29, 0.717) is 12.0 Å². The van der Waals surface area contributed by atoms with Crippen LogP contribution in [0.4, 0.5) is 4.39 Å². The van der Waals surface area contributed by atoms with Crippen molar-refractivity contribution in [1.82, 2.24) is 0 Å². The molecule has 0 radical (unpaired) electrons. The molecule has 3 nitrogen and oxygen atoms in total. The van der Waals surface area contributed by atoms with E-state index < -0.39 is 5.82 Å². The maximum absolute atomic E-state index is 12.8. The van der Waals surface area contributed by atoms with Crippen LogP contribution in [0.1, 0.15) is 17.5 Å². The average Bonchev–Trinajstić information content (AvgIpc) is 2.26. The predicted octanol–water partition coefficient (Wildman–Crippen LogP) is 1.80. The van der Waals surface area contributed by atoms with Crippen LogP contribution in [0.5, 0.6) is 0 Å². The Morgan fingerprint density at radius 1 is 1.60 bits per heavy atom. The molecule has 78 valence electrons. The van der Waals surface area contributed by atoms with Gasteiger partial charge in [-0.3, -0.25) is 4.79 Å². The molecule has 0 amide bonds. The highest BCUT2D eigenvalue weighted by molar-refractivity contribution is 5.69. The van der Waals surface area contributed by atoms with Gasteiger partial charge in [-0.05, 0) is 24.1 Å². The highest BCUT2D eigenvalue weighted by Crippen LogP contribution is 2.12. The van der Waals surface area contributed by atoms with Gasteiger partial charge in [0.15, 0.2) is 0 Å². The summed E-state index contributed by atoms with van der Waals surface area (Å²) in [6.07, 6.45) is 0.576. The van der Waals surface area contributed by atoms with Gasteiger partial charge in [-0.1, -0.05) is 6.07 Å². The van der Waals surface area contributed by atoms with Crippen molar-refractivity contribution in [2.45, 2.75) is 12.8 Å². The SMILES string of the molecule is COC(=O)CCc1ccc(F)cc1C#N. The van der Waals surface area contributed by atoms with Gasteiger partial charge in [0.25, 0.3) is 0 Å². The van der Waals surface area contributed by atoms with Crippen molar-refractivity contribution < 1.29 is 13.9 Å². The fraction of sp³-hybridized carbons (Fsp3) is 0.273. The van der Waals surface area contributed by atoms with Gasteiger partial charge in [0.2, 0.25) is 0 Å². The summed E-state index contributed by atoms with van der Waals surface area (Å²) in [5.74, 6) is -0.795. The summed E-state index contributed by atoms with van der Waals surface area (Å²) >= 11 is 0. The topological polar surface area (TPSA) is 50.1 Å². The first kappa shape index (κ1) is 11.2. The number of methoxy groups -OCH3 is 1. The summed E-state index contributed by atoms with van der Waals surface area (Å²) in [6.45, 7) is 0. The van der Waals surface area contributed by atoms with Crippen LogP contribution >= 0.6 is 0 Å². The lowest BCUT2D eigenvalue weighted by molar-refractivity contribution is -0.140. The Hall–Kier alpha value is -1.89. The fourth-order valence-corrected chi connectivity index (χ4v) is 1.21. The molecule has 1 aromatic carbocycles. The number of halogens is 1. The lowest BCUT2D eigenvalue weighted by Crippen LogP contribution is -2.03. The quantitative estimate of drug-likeness (QED) is 0.710. The number of ether oxygens (including phenoxy) is 1. The largest absolute Gasteiger partial charge is 0.469 e. The number of nitrogens with zero attached hydrogens (tertiary/aromatic N) is 1. The van der Waals surface area contributed by atoms with Crippen molar-refractivity contribution >= 4 is 5.97 Å². The second-order valence-electron chi connectivity index (χ2n) is 2.99. The summed E-state index contributed by atoms with van der Waals surface area (Å²) in [4.78, 5) is 10.9. The number of carbonyl (C=O) groups excluding carboxylic acids is 1. The van der Waals surface area contributed by atoms with Crippen LogP contribution in [0, 0.1) is 17.1 Å². The summed E-state index contributed by atoms with van der Waals surface area (Å²) < 4.78 is 17.2. The van der Waals surface area contributed by atoms with Gasteiger partial charge in [-0.25, -0.2) is 4.39 Å². The van der Waals surface area contributed by atoms with Crippen molar-refractivity contribution in [3.63, 3.8) is 0 Å². The van der Waals surface area contributed by atoms with Crippen LogP contribution in [0.25, 0.3) is 0 Å². The molecule has 0 saturated carbocycles. The molecule has 4 heteroatoms. The Labute approximate surface area is 87.1 Å². The van der Waals surface area contributed by atoms with E-state index in [4.69, 9.17) is 5.26 Å². The number of rotatable bonds is 3. The Balaban J connectivity index is 2.77. The molecule has 0 aliphatic rings. The third-order valence-electron chi connectivity index (χ3n) is 2.02. The van der Waals surface area contributed by atoms with E-state index >= 15 is 0 Å². The lowest BCUT2D eigenvalue weighted by atomic mass is 10.0. The molecule has 0 atom stereocenters. The first-order valence-corrected chi connectivity index (χ1v) is 4.42. The number of carbonyl (C=O) groups is 1. The number of benzene rings is 1. The number of hydrogen-bond donors (Lipinski definition) is 0. The highest BCUT2D eigenvalue weighted by atomic mass is 19.1. The smallest absolute Gasteiger partial charge is 0.305 e. The molecule has 1 rings (SSSR count). The molecule has 0 fully saturated rings. The van der Waals surface area contributed by atoms with Gasteiger partial charge in [-0.15, -0.1) is 0 Å². The van der Waals surface area contributed by atoms with E-state index in [1.807, 2.05) is 6.07 Å². The van der Waals surface area contributed by atoms with Crippen molar-refractivity contribution in [2.75, 3.05) is 7.11 Å². The van der Waals surface area contributed by atoms with Crippen LogP contribution in [0.15, 0.2) is 18.2 Å². The van der Waals surface area contributed by atoms with Crippen LogP contribution < -0.4 is 0 Å². The zero-order valence-corrected chi connectivity index (χ0v) is 8.29. The first-order valence-electron chi connectivity index (χ1n) is 4.42. The van der Waals surface area contributed by atoms with E-state index in [1.165, 1.54) is 19.2 Å². The molecule has 0 saturated heterocycles. The molecule has 0 bridgehead atoms. The normalized spacial score (nSPS) is 9.40. The minimum atomic E-state index is -0.451. The van der Waals surface area contributed by atoms with Gasteiger partial charge in [-0.2, -0.15) is 5.26 Å². The van der Waals surface area contributed by atoms with Crippen LogP contribution in [0.2, 0.25) is 0 Å². The first-order chi connectivity index (χ1) is 7.17. The van der Waals surface area contributed by atoms with Crippen molar-refractivity contribution in [3.8, 4) is 6.07 Å². The van der Waals surface area contributed by atoms with Crippen molar-refractivity contribution in [3.05, 3.63) is 35.1 Å². The molecular weight excluding hydrogens is 197 g/mol. The Bertz CT molecular complexity index is 410. The van der Waals surface area contributed by atoms with Gasteiger partial charge in [0, 0.05) is 6.42 Å². The second kappa shape index (κ2) is 5.11. The molecule has 0 heterocycles. The van der Waals surface area contributed by atoms with E-state index in [0.717, 1.165) is 6.07 Å². The monoisotopic (exact) mass is 207 g/mol. The minimum Gasteiger partial charge on any atom is -0.469 e. The van der Waals surface area contributed by atoms with E-state index in [2.05, 4.69) is 4.74 Å². The molecule has 1 aromatic rings. The standard InChI is InChI=1S/C11H10FNO2/c1-15-11(14)5-3-8-2-4-10(12)6-9(8)7-13/h2,4,6H,3,5H2,1H3. The second-order valence-corrected chi connectivity index (χ2v) is 2.99. The number of aryl methyl sites for hydroxylation is 1. The van der Waals surface area contributed by atoms with Gasteiger partial charge in [0.05, 0.1) is 18.7 Å². The Morgan fingerprint density at radius 3 is 2.93 bits per heavy atom. The van der Waals surface area contributed by atoms with Crippen LogP contribution in [0.3, 0.4) is 0 Å². The fourth-order valence-electron chi connectivity index (χ4n) is 1.21. The number of hydrogen-bond acceptors (Lipinski definition) is 3. The maximum atomic E-state index is 12.8. The van der Waals surface area contributed by atoms with E-state index in [1.54, 1.807) is 0 Å². The average molecular weight is 207 g/mol. The number of esters is 1. The van der Waals surface area contributed by atoms with Gasteiger partial charge in [0.1, 0.15) is 5.82 Å². The summed E-state index contributed by atoms with van der Waals surface area (Å²) in [6, 6.07) is 5.83. The molecule has 0 spiro atoms. The summed E-state index contributed by atoms with van der Waals surface area (Å²) in [5.41, 5.74) is 0.920. The van der Waals surface area contributed by atoms with Crippen LogP contribution in [-0.2, 0) is 16.0 Å². The zero-order chi connectivity index (χ0) is 11.3. The highest BCUT2D eigenvalue weighted by Gasteiger charge is 2.06. The Morgan fingerprint density at radius 2 is 2.33 bits per heavy atom. The van der Waals surface area contributed by atoms with Crippen molar-refractivity contribution in [1.29, 1.82) is 5.26 Å². The summed E-state index contributed by atoms with van der Waals surface area (Å²) in [5, 5.41) is 8.73. The number of nitriles is 1. The summed E-state index contributed by atoms with van der Waals surface area (Å²) in [7, 11) is 1.30. The maximum Gasteiger partial charge on any atom is 0.305 e. The van der Waals surface area contributed by atoms with E-state index in [-0.39, 0.29) is 18.0 Å². The molecular formula is C11H10FNO2. The molecule has 0 unspecified atom stereocenters.